The molecule has 0 unspecified atom stereocenters. The fourth-order valence-corrected chi connectivity index (χ4v) is 2.55. The summed E-state index contributed by atoms with van der Waals surface area (Å²) in [4.78, 5) is 2.33. The summed E-state index contributed by atoms with van der Waals surface area (Å²) in [6.07, 6.45) is 1.08. The lowest BCUT2D eigenvalue weighted by molar-refractivity contribution is 0.780. The van der Waals surface area contributed by atoms with Gasteiger partial charge in [-0.3, -0.25) is 0 Å². The van der Waals surface area contributed by atoms with Crippen LogP contribution in [0.2, 0.25) is 0 Å². The van der Waals surface area contributed by atoms with Crippen molar-refractivity contribution < 1.29 is 0 Å². The maximum Gasteiger partial charge on any atom is 0.0429 e. The highest BCUT2D eigenvalue weighted by atomic mass is 15.1. The van der Waals surface area contributed by atoms with E-state index in [4.69, 9.17) is 0 Å². The summed E-state index contributed by atoms with van der Waals surface area (Å²) < 4.78 is 0. The molecule has 106 valence electrons. The standard InChI is InChI=1S/C18H24N2/c1-15-8-4-7-11-18(15)20(3)14-17-10-6-5-9-16(17)12-13-19-2/h4-11,19H,12-14H2,1-3H3. The largest absolute Gasteiger partial charge is 0.370 e. The normalized spacial score (nSPS) is 10.6. The highest BCUT2D eigenvalue weighted by molar-refractivity contribution is 5.53. The molecule has 2 heteroatoms. The van der Waals surface area contributed by atoms with E-state index in [1.165, 1.54) is 22.4 Å². The average molecular weight is 268 g/mol. The first-order valence-corrected chi connectivity index (χ1v) is 7.20. The topological polar surface area (TPSA) is 15.3 Å². The molecule has 0 atom stereocenters. The van der Waals surface area contributed by atoms with Crippen LogP contribution in [-0.2, 0) is 13.0 Å². The number of nitrogens with zero attached hydrogens (tertiary/aromatic N) is 1. The van der Waals surface area contributed by atoms with E-state index in [-0.39, 0.29) is 0 Å². The third kappa shape index (κ3) is 3.61. The fraction of sp³-hybridized carbons (Fsp3) is 0.333. The van der Waals surface area contributed by atoms with Crippen LogP contribution in [0.25, 0.3) is 0 Å². The Balaban J connectivity index is 2.15. The van der Waals surface area contributed by atoms with Gasteiger partial charge >= 0.3 is 0 Å². The molecule has 0 aromatic heterocycles. The number of para-hydroxylation sites is 1. The second kappa shape index (κ2) is 7.11. The monoisotopic (exact) mass is 268 g/mol. The zero-order valence-corrected chi connectivity index (χ0v) is 12.7. The third-order valence-corrected chi connectivity index (χ3v) is 3.70. The first kappa shape index (κ1) is 14.6. The van der Waals surface area contributed by atoms with Gasteiger partial charge in [0, 0.05) is 19.3 Å². The minimum Gasteiger partial charge on any atom is -0.370 e. The molecule has 2 rings (SSSR count). The number of benzene rings is 2. The second-order valence-corrected chi connectivity index (χ2v) is 5.26. The van der Waals surface area contributed by atoms with Gasteiger partial charge in [0.05, 0.1) is 0 Å². The molecular weight excluding hydrogens is 244 g/mol. The molecule has 20 heavy (non-hydrogen) atoms. The molecule has 0 spiro atoms. The maximum atomic E-state index is 3.22. The van der Waals surface area contributed by atoms with E-state index in [0.29, 0.717) is 0 Å². The Hall–Kier alpha value is -1.80. The van der Waals surface area contributed by atoms with Gasteiger partial charge in [-0.05, 0) is 49.7 Å². The molecule has 0 fully saturated rings. The summed E-state index contributed by atoms with van der Waals surface area (Å²) >= 11 is 0. The molecule has 0 aliphatic heterocycles. The Morgan fingerprint density at radius 1 is 0.950 bits per heavy atom. The summed E-state index contributed by atoms with van der Waals surface area (Å²) in [5.74, 6) is 0. The van der Waals surface area contributed by atoms with Crippen LogP contribution in [0.1, 0.15) is 16.7 Å². The van der Waals surface area contributed by atoms with E-state index < -0.39 is 0 Å². The van der Waals surface area contributed by atoms with Crippen LogP contribution in [0.4, 0.5) is 5.69 Å². The van der Waals surface area contributed by atoms with Crippen LogP contribution in [0, 0.1) is 6.92 Å². The van der Waals surface area contributed by atoms with Crippen LogP contribution in [0.15, 0.2) is 48.5 Å². The molecule has 0 saturated carbocycles. The number of hydrogen-bond acceptors (Lipinski definition) is 2. The Kier molecular flexibility index (Phi) is 5.19. The molecule has 2 aromatic carbocycles. The minimum absolute atomic E-state index is 0.949. The molecule has 0 bridgehead atoms. The van der Waals surface area contributed by atoms with Crippen molar-refractivity contribution >= 4 is 5.69 Å². The maximum absolute atomic E-state index is 3.22. The van der Waals surface area contributed by atoms with Crippen molar-refractivity contribution in [1.29, 1.82) is 0 Å². The van der Waals surface area contributed by atoms with Crippen molar-refractivity contribution in [2.75, 3.05) is 25.5 Å². The van der Waals surface area contributed by atoms with Crippen molar-refractivity contribution in [2.24, 2.45) is 0 Å². The second-order valence-electron chi connectivity index (χ2n) is 5.26. The molecule has 2 nitrogen and oxygen atoms in total. The molecular formula is C18H24N2. The first-order valence-electron chi connectivity index (χ1n) is 7.20. The minimum atomic E-state index is 0.949. The number of nitrogens with one attached hydrogen (secondary N) is 1. The lowest BCUT2D eigenvalue weighted by Gasteiger charge is -2.23. The van der Waals surface area contributed by atoms with Gasteiger partial charge in [-0.1, -0.05) is 42.5 Å². The molecule has 1 N–H and O–H groups in total. The third-order valence-electron chi connectivity index (χ3n) is 3.70. The number of likely N-dealkylation sites (N-methyl/N-ethyl adjacent to an activating group) is 1. The number of hydrogen-bond donors (Lipinski definition) is 1. The smallest absolute Gasteiger partial charge is 0.0429 e. The number of aryl methyl sites for hydroxylation is 1. The zero-order valence-electron chi connectivity index (χ0n) is 12.7. The predicted molar refractivity (Wildman–Crippen MR) is 87.4 cm³/mol. The van der Waals surface area contributed by atoms with Crippen LogP contribution in [0.3, 0.4) is 0 Å². The van der Waals surface area contributed by atoms with Crippen LogP contribution in [-0.4, -0.2) is 20.6 Å². The van der Waals surface area contributed by atoms with Gasteiger partial charge in [0.15, 0.2) is 0 Å². The zero-order chi connectivity index (χ0) is 14.4. The van der Waals surface area contributed by atoms with E-state index in [9.17, 15) is 0 Å². The van der Waals surface area contributed by atoms with Crippen molar-refractivity contribution in [3.05, 3.63) is 65.2 Å². The van der Waals surface area contributed by atoms with Gasteiger partial charge in [0.25, 0.3) is 0 Å². The lowest BCUT2D eigenvalue weighted by atomic mass is 10.0. The Bertz CT molecular complexity index is 549. The first-order chi connectivity index (χ1) is 9.72. The quantitative estimate of drug-likeness (QED) is 0.864. The fourth-order valence-electron chi connectivity index (χ4n) is 2.55. The average Bonchev–Trinajstić information content (AvgIpc) is 2.46. The van der Waals surface area contributed by atoms with E-state index in [1.54, 1.807) is 0 Å². The Morgan fingerprint density at radius 2 is 1.60 bits per heavy atom. The van der Waals surface area contributed by atoms with E-state index in [0.717, 1.165) is 19.5 Å². The van der Waals surface area contributed by atoms with Gasteiger partial charge < -0.3 is 10.2 Å². The van der Waals surface area contributed by atoms with Crippen molar-refractivity contribution in [2.45, 2.75) is 19.9 Å². The Morgan fingerprint density at radius 3 is 2.30 bits per heavy atom. The van der Waals surface area contributed by atoms with E-state index in [1.807, 2.05) is 7.05 Å². The van der Waals surface area contributed by atoms with Gasteiger partial charge in [0.1, 0.15) is 0 Å². The molecule has 0 radical (unpaired) electrons. The highest BCUT2D eigenvalue weighted by Crippen LogP contribution is 2.21. The number of rotatable bonds is 6. The van der Waals surface area contributed by atoms with Crippen LogP contribution in [0.5, 0.6) is 0 Å². The van der Waals surface area contributed by atoms with Crippen LogP contribution < -0.4 is 10.2 Å². The molecule has 0 aliphatic carbocycles. The van der Waals surface area contributed by atoms with E-state index in [2.05, 4.69) is 72.7 Å². The summed E-state index contributed by atoms with van der Waals surface area (Å²) in [5.41, 5.74) is 5.47. The lowest BCUT2D eigenvalue weighted by Crippen LogP contribution is -2.19. The molecule has 0 heterocycles. The van der Waals surface area contributed by atoms with Crippen molar-refractivity contribution in [3.8, 4) is 0 Å². The van der Waals surface area contributed by atoms with Gasteiger partial charge in [0.2, 0.25) is 0 Å². The predicted octanol–water partition coefficient (Wildman–Crippen LogP) is 3.39. The van der Waals surface area contributed by atoms with Crippen molar-refractivity contribution in [3.63, 3.8) is 0 Å². The molecule has 0 amide bonds. The van der Waals surface area contributed by atoms with Crippen molar-refractivity contribution in [1.82, 2.24) is 5.32 Å². The summed E-state index contributed by atoms with van der Waals surface area (Å²) in [7, 11) is 4.17. The van der Waals surface area contributed by atoms with Gasteiger partial charge in [-0.25, -0.2) is 0 Å². The highest BCUT2D eigenvalue weighted by Gasteiger charge is 2.07. The summed E-state index contributed by atoms with van der Waals surface area (Å²) in [6.45, 7) is 4.13. The Labute approximate surface area is 122 Å². The molecule has 2 aromatic rings. The molecule has 0 aliphatic rings. The van der Waals surface area contributed by atoms with Gasteiger partial charge in [-0.15, -0.1) is 0 Å². The summed E-state index contributed by atoms with van der Waals surface area (Å²) in [6, 6.07) is 17.3. The summed E-state index contributed by atoms with van der Waals surface area (Å²) in [5, 5.41) is 3.22. The number of anilines is 1. The van der Waals surface area contributed by atoms with E-state index >= 15 is 0 Å². The van der Waals surface area contributed by atoms with Gasteiger partial charge in [-0.2, -0.15) is 0 Å². The SMILES string of the molecule is CNCCc1ccccc1CN(C)c1ccccc1C. The molecule has 0 saturated heterocycles. The van der Waals surface area contributed by atoms with Crippen LogP contribution >= 0.6 is 0 Å².